The average Bonchev–Trinajstić information content (AvgIpc) is 3.39. The number of anilines is 2. The van der Waals surface area contributed by atoms with Crippen molar-refractivity contribution in [2.45, 2.75) is 50.3 Å². The fourth-order valence-electron chi connectivity index (χ4n) is 7.72. The van der Waals surface area contributed by atoms with Crippen LogP contribution in [0.3, 0.4) is 0 Å². The Morgan fingerprint density at radius 1 is 0.584 bits per heavy atom. The molecule has 0 atom stereocenters. The van der Waals surface area contributed by atoms with Crippen LogP contribution in [0.1, 0.15) is 59.5 Å². The van der Waals surface area contributed by atoms with E-state index in [1.807, 2.05) is 13.8 Å². The zero-order valence-electron chi connectivity index (χ0n) is 41.6. The molecular formula is C54H46CaCl2N6O12S2. The van der Waals surface area contributed by atoms with Gasteiger partial charge in [0, 0.05) is 27.7 Å². The third kappa shape index (κ3) is 14.5. The van der Waals surface area contributed by atoms with Gasteiger partial charge >= 0.3 is 37.7 Å². The molecule has 0 heterocycles. The SMILES string of the molecule is CCOc1ccc(NC(=O)c2cc3ccccc3c(N=Nc3cc(S(=O)(=O)O)c(CC)cc3Cl)c2O)cc1.CCOc1ccc(NC(=O)c2cc3ccccc3c(N=Nc3cc(S(=O)(=O)[O-])c(CC)cc3Cl)c2[O-])cc1.[Ca+2]. The van der Waals surface area contributed by atoms with Crippen molar-refractivity contribution in [3.63, 3.8) is 0 Å². The molecule has 0 unspecified atom stereocenters. The van der Waals surface area contributed by atoms with Crippen molar-refractivity contribution in [1.29, 1.82) is 0 Å². The van der Waals surface area contributed by atoms with Crippen LogP contribution < -0.4 is 25.2 Å². The van der Waals surface area contributed by atoms with Crippen LogP contribution in [0.15, 0.2) is 164 Å². The second kappa shape index (κ2) is 26.1. The molecule has 77 heavy (non-hydrogen) atoms. The molecule has 0 aromatic heterocycles. The number of halogens is 2. The smallest absolute Gasteiger partial charge is 0.870 e. The molecule has 0 radical (unpaired) electrons. The maximum absolute atomic E-state index is 13.4. The molecule has 0 fully saturated rings. The summed E-state index contributed by atoms with van der Waals surface area (Å²) in [6.45, 7) is 8.14. The van der Waals surface area contributed by atoms with Crippen LogP contribution >= 0.6 is 23.2 Å². The largest absolute Gasteiger partial charge is 2.00 e. The first-order valence-electron chi connectivity index (χ1n) is 23.2. The van der Waals surface area contributed by atoms with Crippen LogP contribution in [-0.2, 0) is 33.1 Å². The zero-order valence-corrected chi connectivity index (χ0v) is 46.9. The normalized spacial score (nSPS) is 11.5. The number of fused-ring (bicyclic) bond motifs is 2. The first-order chi connectivity index (χ1) is 36.2. The molecule has 8 aromatic rings. The number of phenols is 1. The van der Waals surface area contributed by atoms with Crippen molar-refractivity contribution in [1.82, 2.24) is 0 Å². The molecule has 0 aliphatic rings. The third-order valence-corrected chi connectivity index (χ3v) is 13.9. The summed E-state index contributed by atoms with van der Waals surface area (Å²) >= 11 is 12.5. The molecule has 0 saturated heterocycles. The van der Waals surface area contributed by atoms with Crippen LogP contribution in [0.2, 0.25) is 10.0 Å². The number of azo groups is 2. The summed E-state index contributed by atoms with van der Waals surface area (Å²) in [5.41, 5.74) is 1.02. The van der Waals surface area contributed by atoms with Crippen LogP contribution in [-0.4, -0.2) is 93.8 Å². The van der Waals surface area contributed by atoms with Crippen molar-refractivity contribution in [2.75, 3.05) is 23.8 Å². The Morgan fingerprint density at radius 2 is 1.00 bits per heavy atom. The summed E-state index contributed by atoms with van der Waals surface area (Å²) in [4.78, 5) is 25.4. The van der Waals surface area contributed by atoms with E-state index >= 15 is 0 Å². The number of carbonyl (C=O) groups excluding carboxylic acids is 2. The number of aromatic hydroxyl groups is 1. The molecule has 0 aliphatic heterocycles. The molecule has 23 heteroatoms. The number of carbonyl (C=O) groups is 2. The van der Waals surface area contributed by atoms with Gasteiger partial charge in [-0.3, -0.25) is 14.1 Å². The minimum Gasteiger partial charge on any atom is -0.870 e. The number of benzene rings is 8. The predicted octanol–water partition coefficient (Wildman–Crippen LogP) is 12.8. The van der Waals surface area contributed by atoms with E-state index in [2.05, 4.69) is 31.1 Å². The molecule has 8 aromatic carbocycles. The van der Waals surface area contributed by atoms with Gasteiger partial charge in [0.05, 0.1) is 44.3 Å². The minimum absolute atomic E-state index is 0. The monoisotopic (exact) mass is 1140 g/mol. The molecule has 392 valence electrons. The van der Waals surface area contributed by atoms with E-state index in [9.17, 15) is 45.7 Å². The summed E-state index contributed by atoms with van der Waals surface area (Å²) in [5, 5.41) is 48.4. The van der Waals surface area contributed by atoms with E-state index in [1.54, 1.807) is 111 Å². The molecule has 0 saturated carbocycles. The standard InChI is InChI=1S/2C27H24ClN3O6S.Ca/c2*1-3-16-14-22(28)23(15-24(16)38(34,35)36)30-31-25-20-8-6-5-7-17(20)13-21(26(25)32)27(33)29-18-9-11-19(12-10-18)37-4-2;/h2*5-15,32H,3-4H2,1-2H3,(H,29,33)(H,34,35,36);/q;;+2/p-2. The Balaban J connectivity index is 0.000000246. The van der Waals surface area contributed by atoms with Crippen molar-refractivity contribution in [3.05, 3.63) is 166 Å². The zero-order chi connectivity index (χ0) is 54.9. The molecule has 8 rings (SSSR count). The van der Waals surface area contributed by atoms with Gasteiger partial charge in [-0.2, -0.15) is 13.5 Å². The fourth-order valence-corrected chi connectivity index (χ4v) is 9.75. The summed E-state index contributed by atoms with van der Waals surface area (Å²) in [6.07, 6.45) is 0.567. The van der Waals surface area contributed by atoms with E-state index in [-0.39, 0.29) is 98.5 Å². The Hall–Kier alpha value is -6.72. The van der Waals surface area contributed by atoms with E-state index in [0.717, 1.165) is 12.1 Å². The van der Waals surface area contributed by atoms with Gasteiger partial charge in [-0.05, 0) is 134 Å². The number of nitrogens with one attached hydrogen (secondary N) is 2. The maximum atomic E-state index is 13.4. The molecule has 4 N–H and O–H groups in total. The Bertz CT molecular complexity index is 3560. The first kappa shape index (κ1) is 59.5. The second-order valence-corrected chi connectivity index (χ2v) is 19.9. The van der Waals surface area contributed by atoms with Gasteiger partial charge in [-0.15, -0.1) is 15.3 Å². The predicted molar refractivity (Wildman–Crippen MR) is 294 cm³/mol. The summed E-state index contributed by atoms with van der Waals surface area (Å²) in [5.74, 6) is -1.04. The average molecular weight is 1150 g/mol. The number of ether oxygens (including phenoxy) is 2. The van der Waals surface area contributed by atoms with Gasteiger partial charge in [0.15, 0.2) is 5.75 Å². The van der Waals surface area contributed by atoms with Crippen LogP contribution in [0, 0.1) is 0 Å². The van der Waals surface area contributed by atoms with Crippen LogP contribution in [0.25, 0.3) is 21.5 Å². The van der Waals surface area contributed by atoms with E-state index in [1.165, 1.54) is 24.3 Å². The third-order valence-electron chi connectivity index (χ3n) is 11.4. The Morgan fingerprint density at radius 3 is 1.45 bits per heavy atom. The fraction of sp³-hybridized carbons (Fsp3) is 0.148. The minimum atomic E-state index is -4.80. The van der Waals surface area contributed by atoms with Crippen LogP contribution in [0.5, 0.6) is 23.0 Å². The molecular weight excluding hydrogens is 1100 g/mol. The summed E-state index contributed by atoms with van der Waals surface area (Å²) in [6, 6.07) is 35.1. The molecule has 0 bridgehead atoms. The quantitative estimate of drug-likeness (QED) is 0.0399. The number of nitrogens with zero attached hydrogens (tertiary/aromatic N) is 4. The number of hydrogen-bond donors (Lipinski definition) is 4. The second-order valence-electron chi connectivity index (χ2n) is 16.3. The van der Waals surface area contributed by atoms with Gasteiger partial charge in [0.25, 0.3) is 21.9 Å². The number of aryl methyl sites for hydroxylation is 2. The Kier molecular flexibility index (Phi) is 20.2. The van der Waals surface area contributed by atoms with Crippen molar-refractivity contribution < 1.29 is 55.2 Å². The van der Waals surface area contributed by atoms with Crippen molar-refractivity contribution in [2.24, 2.45) is 20.5 Å². The molecule has 0 spiro atoms. The van der Waals surface area contributed by atoms with Gasteiger partial charge in [-0.1, -0.05) is 91.3 Å². The number of phenolic OH excluding ortho intramolecular Hbond substituents is 1. The van der Waals surface area contributed by atoms with E-state index in [0.29, 0.717) is 69.6 Å². The van der Waals surface area contributed by atoms with E-state index < -0.39 is 48.4 Å². The number of hydrogen-bond acceptors (Lipinski definition) is 15. The van der Waals surface area contributed by atoms with Gasteiger partial charge < -0.3 is 34.9 Å². The van der Waals surface area contributed by atoms with Crippen molar-refractivity contribution >= 4 is 149 Å². The Labute approximate surface area is 483 Å². The van der Waals surface area contributed by atoms with Gasteiger partial charge in [-0.25, -0.2) is 8.42 Å². The van der Waals surface area contributed by atoms with Gasteiger partial charge in [0.2, 0.25) is 0 Å². The number of amides is 2. The van der Waals surface area contributed by atoms with E-state index in [4.69, 9.17) is 32.7 Å². The topological polar surface area (TPSA) is 281 Å². The van der Waals surface area contributed by atoms with Crippen molar-refractivity contribution in [3.8, 4) is 23.0 Å². The van der Waals surface area contributed by atoms with Gasteiger partial charge in [0.1, 0.15) is 38.7 Å². The molecule has 18 nitrogen and oxygen atoms in total. The molecule has 2 amide bonds. The van der Waals surface area contributed by atoms with Crippen LogP contribution in [0.4, 0.5) is 34.1 Å². The summed E-state index contributed by atoms with van der Waals surface area (Å²) < 4.78 is 79.3. The molecule has 0 aliphatic carbocycles. The number of rotatable bonds is 16. The first-order valence-corrected chi connectivity index (χ1v) is 26.8. The summed E-state index contributed by atoms with van der Waals surface area (Å²) in [7, 11) is -9.33. The maximum Gasteiger partial charge on any atom is 2.00 e.